The third-order valence-corrected chi connectivity index (χ3v) is 2.31. The molecule has 2 aliphatic heterocycles. The first-order valence-electron chi connectivity index (χ1n) is 4.32. The van der Waals surface area contributed by atoms with Gasteiger partial charge >= 0.3 is 0 Å². The largest absolute Gasteiger partial charge is 0.372 e. The topological polar surface area (TPSA) is 50.8 Å². The number of rotatable bonds is 1. The molecule has 1 atom stereocenters. The number of nitrogens with zero attached hydrogens (tertiary/aromatic N) is 2. The van der Waals surface area contributed by atoms with Gasteiger partial charge in [0.25, 0.3) is 0 Å². The molecular formula is C8H12N4OS. The van der Waals surface area contributed by atoms with Crippen molar-refractivity contribution in [2.24, 2.45) is 0 Å². The van der Waals surface area contributed by atoms with Crippen LogP contribution in [0.4, 0.5) is 0 Å². The van der Waals surface area contributed by atoms with Gasteiger partial charge in [0.05, 0.1) is 6.20 Å². The highest BCUT2D eigenvalue weighted by Crippen LogP contribution is 2.17. The lowest BCUT2D eigenvalue weighted by atomic mass is 10.3. The van der Waals surface area contributed by atoms with Gasteiger partial charge in [-0.2, -0.15) is 0 Å². The maximum Gasteiger partial charge on any atom is 0.145 e. The van der Waals surface area contributed by atoms with Crippen molar-refractivity contribution in [3.05, 3.63) is 23.8 Å². The van der Waals surface area contributed by atoms with Crippen LogP contribution >= 0.6 is 12.2 Å². The van der Waals surface area contributed by atoms with Crippen LogP contribution in [0.15, 0.2) is 23.8 Å². The van der Waals surface area contributed by atoms with Crippen molar-refractivity contribution in [1.29, 1.82) is 0 Å². The first kappa shape index (κ1) is 9.45. The Morgan fingerprint density at radius 3 is 2.93 bits per heavy atom. The Balaban J connectivity index is 2.22. The zero-order chi connectivity index (χ0) is 10.3. The second kappa shape index (κ2) is 3.23. The van der Waals surface area contributed by atoms with Gasteiger partial charge in [-0.1, -0.05) is 12.2 Å². The van der Waals surface area contributed by atoms with E-state index in [0.29, 0.717) is 4.99 Å². The number of hydrazine groups is 2. The summed E-state index contributed by atoms with van der Waals surface area (Å²) in [5.41, 5.74) is 3.93. The number of nitrogens with one attached hydrogen (secondary N) is 2. The van der Waals surface area contributed by atoms with E-state index in [9.17, 15) is 5.11 Å². The Morgan fingerprint density at radius 1 is 1.57 bits per heavy atom. The van der Waals surface area contributed by atoms with E-state index in [0.717, 1.165) is 11.5 Å². The lowest BCUT2D eigenvalue weighted by Crippen LogP contribution is -2.48. The fraction of sp³-hybridized carbons (Fsp3) is 0.375. The highest BCUT2D eigenvalue weighted by atomic mass is 32.1. The molecule has 2 aliphatic rings. The third kappa shape index (κ3) is 1.47. The van der Waals surface area contributed by atoms with Crippen LogP contribution in [0.1, 0.15) is 13.8 Å². The standard InChI is InChI=1S/C8H12N4OS/c1-5-3-8(14)12-7(9-5)4-11(10-12)6(2)13/h3-4,6,9-10,13H,1-2H3/t6-/m0/s1. The van der Waals surface area contributed by atoms with Gasteiger partial charge in [-0.15, -0.1) is 5.53 Å². The average molecular weight is 212 g/mol. The fourth-order valence-corrected chi connectivity index (χ4v) is 1.64. The summed E-state index contributed by atoms with van der Waals surface area (Å²) in [5, 5.41) is 15.8. The van der Waals surface area contributed by atoms with Gasteiger partial charge in [0, 0.05) is 5.70 Å². The van der Waals surface area contributed by atoms with Crippen LogP contribution in [-0.2, 0) is 0 Å². The SMILES string of the molecule is CC1=CC(=S)N2NN([C@H](C)O)C=C2N1. The number of aliphatic hydroxyl groups is 1. The summed E-state index contributed by atoms with van der Waals surface area (Å²) in [7, 11) is 0. The molecule has 0 aromatic carbocycles. The summed E-state index contributed by atoms with van der Waals surface area (Å²) in [6, 6.07) is 0. The quantitative estimate of drug-likeness (QED) is 0.532. The molecule has 0 amide bonds. The van der Waals surface area contributed by atoms with E-state index >= 15 is 0 Å². The Bertz CT molecular complexity index is 336. The minimum atomic E-state index is -0.599. The molecule has 0 aliphatic carbocycles. The highest BCUT2D eigenvalue weighted by molar-refractivity contribution is 7.80. The van der Waals surface area contributed by atoms with E-state index in [1.54, 1.807) is 23.1 Å². The summed E-state index contributed by atoms with van der Waals surface area (Å²) in [6.07, 6.45) is 3.02. The van der Waals surface area contributed by atoms with Crippen LogP contribution in [0.25, 0.3) is 0 Å². The van der Waals surface area contributed by atoms with E-state index in [2.05, 4.69) is 10.9 Å². The van der Waals surface area contributed by atoms with Gasteiger partial charge in [0.1, 0.15) is 17.0 Å². The van der Waals surface area contributed by atoms with E-state index in [4.69, 9.17) is 12.2 Å². The number of hydrogen-bond acceptors (Lipinski definition) is 5. The van der Waals surface area contributed by atoms with Gasteiger partial charge in [0.2, 0.25) is 0 Å². The molecule has 0 saturated heterocycles. The third-order valence-electron chi connectivity index (χ3n) is 2.01. The predicted molar refractivity (Wildman–Crippen MR) is 56.1 cm³/mol. The maximum absolute atomic E-state index is 9.36. The summed E-state index contributed by atoms with van der Waals surface area (Å²) in [4.78, 5) is 0.677. The molecule has 5 nitrogen and oxygen atoms in total. The number of allylic oxidation sites excluding steroid dienone is 1. The van der Waals surface area contributed by atoms with E-state index in [-0.39, 0.29) is 0 Å². The molecule has 2 heterocycles. The molecule has 0 bridgehead atoms. The van der Waals surface area contributed by atoms with Gasteiger partial charge in [-0.3, -0.25) is 5.01 Å². The zero-order valence-electron chi connectivity index (χ0n) is 7.98. The minimum Gasteiger partial charge on any atom is -0.372 e. The summed E-state index contributed by atoms with van der Waals surface area (Å²) in [6.45, 7) is 3.61. The lowest BCUT2D eigenvalue weighted by Gasteiger charge is -2.28. The van der Waals surface area contributed by atoms with Crippen molar-refractivity contribution >= 4 is 17.2 Å². The average Bonchev–Trinajstić information content (AvgIpc) is 2.47. The molecule has 0 fully saturated rings. The minimum absolute atomic E-state index is 0.599. The van der Waals surface area contributed by atoms with Crippen molar-refractivity contribution in [3.8, 4) is 0 Å². The Kier molecular flexibility index (Phi) is 2.18. The van der Waals surface area contributed by atoms with Crippen molar-refractivity contribution < 1.29 is 5.11 Å². The lowest BCUT2D eigenvalue weighted by molar-refractivity contribution is 0.000379. The summed E-state index contributed by atoms with van der Waals surface area (Å²) < 4.78 is 0. The summed E-state index contributed by atoms with van der Waals surface area (Å²) >= 11 is 5.16. The Hall–Kier alpha value is -1.11. The van der Waals surface area contributed by atoms with Crippen LogP contribution in [0.3, 0.4) is 0 Å². The van der Waals surface area contributed by atoms with E-state index in [1.165, 1.54) is 0 Å². The van der Waals surface area contributed by atoms with Crippen LogP contribution in [0.2, 0.25) is 0 Å². The molecule has 2 rings (SSSR count). The molecule has 0 unspecified atom stereocenters. The van der Waals surface area contributed by atoms with Gasteiger partial charge < -0.3 is 10.4 Å². The maximum atomic E-state index is 9.36. The van der Waals surface area contributed by atoms with Crippen LogP contribution in [-0.4, -0.2) is 26.3 Å². The van der Waals surface area contributed by atoms with E-state index in [1.807, 2.05) is 13.0 Å². The number of thiocarbonyl (C=S) groups is 1. The first-order chi connectivity index (χ1) is 6.58. The first-order valence-corrected chi connectivity index (χ1v) is 4.72. The van der Waals surface area contributed by atoms with Crippen molar-refractivity contribution in [2.75, 3.05) is 0 Å². The Morgan fingerprint density at radius 2 is 2.29 bits per heavy atom. The molecule has 0 spiro atoms. The van der Waals surface area contributed by atoms with Crippen molar-refractivity contribution in [2.45, 2.75) is 20.1 Å². The second-order valence-electron chi connectivity index (χ2n) is 3.28. The molecular weight excluding hydrogens is 200 g/mol. The van der Waals surface area contributed by atoms with Crippen LogP contribution < -0.4 is 10.9 Å². The smallest absolute Gasteiger partial charge is 0.145 e. The van der Waals surface area contributed by atoms with Gasteiger partial charge in [0.15, 0.2) is 0 Å². The normalized spacial score (nSPS) is 22.6. The zero-order valence-corrected chi connectivity index (χ0v) is 8.80. The molecule has 0 aromatic heterocycles. The number of fused-ring (bicyclic) bond motifs is 1. The predicted octanol–water partition coefficient (Wildman–Crippen LogP) is -0.00480. The molecule has 76 valence electrons. The van der Waals surface area contributed by atoms with Crippen molar-refractivity contribution in [1.82, 2.24) is 20.9 Å². The molecule has 3 N–H and O–H groups in total. The molecule has 0 aromatic rings. The van der Waals surface area contributed by atoms with Crippen molar-refractivity contribution in [3.63, 3.8) is 0 Å². The monoisotopic (exact) mass is 212 g/mol. The van der Waals surface area contributed by atoms with Gasteiger partial charge in [-0.05, 0) is 19.9 Å². The number of aliphatic hydroxyl groups excluding tert-OH is 1. The summed E-state index contributed by atoms with van der Waals surface area (Å²) in [5.74, 6) is 0.830. The second-order valence-corrected chi connectivity index (χ2v) is 3.70. The van der Waals surface area contributed by atoms with Gasteiger partial charge in [-0.25, -0.2) is 5.01 Å². The van der Waals surface area contributed by atoms with Crippen LogP contribution in [0, 0.1) is 0 Å². The van der Waals surface area contributed by atoms with E-state index < -0.39 is 6.23 Å². The Labute approximate surface area is 87.6 Å². The molecule has 0 radical (unpaired) electrons. The molecule has 6 heteroatoms. The molecule has 14 heavy (non-hydrogen) atoms. The molecule has 0 saturated carbocycles. The highest BCUT2D eigenvalue weighted by Gasteiger charge is 2.27. The van der Waals surface area contributed by atoms with Crippen LogP contribution in [0.5, 0.6) is 0 Å². The number of hydrogen-bond donors (Lipinski definition) is 3. The fourth-order valence-electron chi connectivity index (χ4n) is 1.32.